The van der Waals surface area contributed by atoms with Gasteiger partial charge in [-0.15, -0.1) is 0 Å². The molecule has 0 amide bonds. The average molecular weight is 459 g/mol. The Kier molecular flexibility index (Phi) is 7.98. The maximum Gasteiger partial charge on any atom is 0.210 e. The summed E-state index contributed by atoms with van der Waals surface area (Å²) in [4.78, 5) is 4.31. The van der Waals surface area contributed by atoms with Crippen molar-refractivity contribution in [2.24, 2.45) is 0 Å². The van der Waals surface area contributed by atoms with E-state index in [2.05, 4.69) is 78.6 Å². The minimum atomic E-state index is 0.414. The third kappa shape index (κ3) is 5.37. The van der Waals surface area contributed by atoms with Gasteiger partial charge >= 0.3 is 0 Å². The van der Waals surface area contributed by atoms with Crippen LogP contribution in [0.2, 0.25) is 6.32 Å². The summed E-state index contributed by atoms with van der Waals surface area (Å²) in [6, 6.07) is 25.1. The van der Waals surface area contributed by atoms with Crippen LogP contribution < -0.4 is 10.9 Å². The molecular weight excluding hydrogens is 421 g/mol. The first-order chi connectivity index (χ1) is 17.4. The average Bonchev–Trinajstić information content (AvgIpc) is 2.91. The third-order valence-electron chi connectivity index (χ3n) is 7.89. The van der Waals surface area contributed by atoms with Crippen LogP contribution in [-0.2, 0) is 0 Å². The van der Waals surface area contributed by atoms with Gasteiger partial charge in [0.25, 0.3) is 0 Å². The fraction of sp³-hybridized carbons (Fsp3) is 0.364. The Hall–Kier alpha value is -2.87. The van der Waals surface area contributed by atoms with Crippen molar-refractivity contribution in [1.29, 1.82) is 0 Å². The van der Waals surface area contributed by atoms with Crippen molar-refractivity contribution in [3.8, 4) is 0 Å². The second-order valence-corrected chi connectivity index (χ2v) is 10.3. The summed E-state index contributed by atoms with van der Waals surface area (Å²) >= 11 is 0. The van der Waals surface area contributed by atoms with Gasteiger partial charge in [0.15, 0.2) is 0 Å². The Morgan fingerprint density at radius 3 is 1.83 bits per heavy atom. The fourth-order valence-electron chi connectivity index (χ4n) is 6.00. The lowest BCUT2D eigenvalue weighted by molar-refractivity contribution is 0.562. The number of rotatable bonds is 13. The van der Waals surface area contributed by atoms with Crippen LogP contribution in [0, 0.1) is 0 Å². The quantitative estimate of drug-likeness (QED) is 0.0977. The third-order valence-corrected chi connectivity index (χ3v) is 7.89. The lowest BCUT2D eigenvalue weighted by Crippen LogP contribution is -2.42. The lowest BCUT2D eigenvalue weighted by Gasteiger charge is -2.19. The number of aromatic nitrogens is 1. The first kappa shape index (κ1) is 23.9. The number of pyridine rings is 1. The molecule has 1 nitrogen and oxygen atoms in total. The number of nitrogens with zero attached hydrogens (tertiary/aromatic N) is 1. The van der Waals surface area contributed by atoms with Crippen molar-refractivity contribution in [1.82, 2.24) is 4.98 Å². The van der Waals surface area contributed by atoms with E-state index in [0.29, 0.717) is 6.71 Å². The molecule has 0 spiro atoms. The first-order valence-electron chi connectivity index (χ1n) is 13.9. The van der Waals surface area contributed by atoms with Gasteiger partial charge < -0.3 is 0 Å². The van der Waals surface area contributed by atoms with Crippen LogP contribution in [0.1, 0.15) is 71.1 Å². The van der Waals surface area contributed by atoms with Crippen molar-refractivity contribution in [3.63, 3.8) is 0 Å². The number of hydrogen-bond donors (Lipinski definition) is 0. The summed E-state index contributed by atoms with van der Waals surface area (Å²) in [6.45, 7) is 2.71. The van der Waals surface area contributed by atoms with E-state index >= 15 is 0 Å². The molecule has 0 saturated heterocycles. The Balaban J connectivity index is 1.35. The molecule has 0 bridgehead atoms. The molecule has 1 aromatic heterocycles. The fourth-order valence-corrected chi connectivity index (χ4v) is 6.00. The van der Waals surface area contributed by atoms with Crippen LogP contribution in [0.25, 0.3) is 32.3 Å². The zero-order chi connectivity index (χ0) is 23.9. The minimum Gasteiger partial charge on any atom is -0.265 e. The van der Waals surface area contributed by atoms with Crippen molar-refractivity contribution in [2.45, 2.75) is 77.5 Å². The molecule has 2 heteroatoms. The monoisotopic (exact) mass is 459 g/mol. The zero-order valence-electron chi connectivity index (χ0n) is 21.3. The normalized spacial score (nSPS) is 11.7. The highest BCUT2D eigenvalue weighted by Gasteiger charge is 2.22. The summed E-state index contributed by atoms with van der Waals surface area (Å²) < 4.78 is 0. The van der Waals surface area contributed by atoms with Gasteiger partial charge in [-0.25, -0.2) is 0 Å². The van der Waals surface area contributed by atoms with E-state index in [9.17, 15) is 0 Å². The molecule has 178 valence electrons. The molecule has 0 saturated carbocycles. The topological polar surface area (TPSA) is 12.9 Å². The molecule has 0 aliphatic rings. The van der Waals surface area contributed by atoms with Gasteiger partial charge in [-0.3, -0.25) is 4.98 Å². The van der Waals surface area contributed by atoms with Crippen LogP contribution in [0.4, 0.5) is 0 Å². The predicted molar refractivity (Wildman–Crippen MR) is 156 cm³/mol. The summed E-state index contributed by atoms with van der Waals surface area (Å²) in [7, 11) is 0. The smallest absolute Gasteiger partial charge is 0.210 e. The van der Waals surface area contributed by atoms with Crippen LogP contribution in [0.15, 0.2) is 79.1 Å². The minimum absolute atomic E-state index is 0.414. The van der Waals surface area contributed by atoms with Gasteiger partial charge in [-0.2, -0.15) is 0 Å². The van der Waals surface area contributed by atoms with Crippen molar-refractivity contribution >= 4 is 50.0 Å². The zero-order valence-corrected chi connectivity index (χ0v) is 21.3. The van der Waals surface area contributed by atoms with E-state index in [0.717, 1.165) is 0 Å². The highest BCUT2D eigenvalue weighted by atomic mass is 14.6. The molecular formula is C33H38BN. The lowest BCUT2D eigenvalue weighted by atomic mass is 9.37. The molecule has 0 N–H and O–H groups in total. The maximum atomic E-state index is 4.31. The van der Waals surface area contributed by atoms with E-state index < -0.39 is 0 Å². The van der Waals surface area contributed by atoms with Crippen LogP contribution in [0.3, 0.4) is 0 Å². The Labute approximate surface area is 211 Å². The van der Waals surface area contributed by atoms with E-state index in [4.69, 9.17) is 0 Å². The number of benzene rings is 4. The highest BCUT2D eigenvalue weighted by Crippen LogP contribution is 2.34. The van der Waals surface area contributed by atoms with Crippen LogP contribution in [0.5, 0.6) is 0 Å². The molecule has 0 atom stereocenters. The first-order valence-corrected chi connectivity index (χ1v) is 13.9. The molecule has 0 aliphatic carbocycles. The van der Waals surface area contributed by atoms with E-state index in [1.807, 2.05) is 12.4 Å². The molecule has 5 aromatic rings. The molecule has 0 radical (unpaired) electrons. The maximum absolute atomic E-state index is 4.31. The molecule has 0 unspecified atom stereocenters. The van der Waals surface area contributed by atoms with E-state index in [-0.39, 0.29) is 0 Å². The highest BCUT2D eigenvalue weighted by molar-refractivity contribution is 6.87. The van der Waals surface area contributed by atoms with Crippen molar-refractivity contribution in [3.05, 3.63) is 79.1 Å². The summed E-state index contributed by atoms with van der Waals surface area (Å²) in [5.74, 6) is 0. The van der Waals surface area contributed by atoms with E-state index in [1.165, 1.54) is 114 Å². The van der Waals surface area contributed by atoms with E-state index in [1.54, 1.807) is 0 Å². The van der Waals surface area contributed by atoms with Gasteiger partial charge in [0.05, 0.1) is 0 Å². The molecule has 0 fully saturated rings. The summed E-state index contributed by atoms with van der Waals surface area (Å²) in [5.41, 5.74) is 2.86. The van der Waals surface area contributed by atoms with Crippen molar-refractivity contribution in [2.75, 3.05) is 0 Å². The SMILES string of the molecule is CCCCCCCCCCCCB(c1ccncc1)c1ccc2ccc3cccc4ccc1c2c34. The summed E-state index contributed by atoms with van der Waals surface area (Å²) in [6.07, 6.45) is 18.9. The summed E-state index contributed by atoms with van der Waals surface area (Å²) in [5, 5.41) is 8.29. The molecule has 35 heavy (non-hydrogen) atoms. The van der Waals surface area contributed by atoms with Gasteiger partial charge in [0.1, 0.15) is 0 Å². The predicted octanol–water partition coefficient (Wildman–Crippen LogP) is 8.51. The largest absolute Gasteiger partial charge is 0.265 e. The Bertz CT molecular complexity index is 1330. The second kappa shape index (κ2) is 11.7. The molecule has 0 aliphatic heterocycles. The second-order valence-electron chi connectivity index (χ2n) is 10.3. The number of hydrogen-bond acceptors (Lipinski definition) is 1. The molecule has 4 aromatic carbocycles. The number of unbranched alkanes of at least 4 members (excludes halogenated alkanes) is 9. The molecule has 5 rings (SSSR count). The van der Waals surface area contributed by atoms with Gasteiger partial charge in [0, 0.05) is 12.4 Å². The van der Waals surface area contributed by atoms with Crippen molar-refractivity contribution < 1.29 is 0 Å². The van der Waals surface area contributed by atoms with Gasteiger partial charge in [-0.05, 0) is 44.5 Å². The van der Waals surface area contributed by atoms with Crippen LogP contribution in [-0.4, -0.2) is 11.7 Å². The van der Waals surface area contributed by atoms with Gasteiger partial charge in [0.2, 0.25) is 6.71 Å². The Morgan fingerprint density at radius 1 is 0.571 bits per heavy atom. The standard InChI is InChI=1S/C33H38BN/c1-2-3-4-5-6-7-8-9-10-11-23-34(29-21-24-35-25-22-29)31-20-18-28-16-15-26-13-12-14-27-17-19-30(31)33(28)32(26)27/h12-22,24-25H,2-11,23H2,1H3. The Morgan fingerprint density at radius 2 is 1.14 bits per heavy atom. The molecule has 1 heterocycles. The van der Waals surface area contributed by atoms with Gasteiger partial charge in [-0.1, -0.05) is 143 Å². The van der Waals surface area contributed by atoms with Crippen LogP contribution >= 0.6 is 0 Å².